The zero-order valence-corrected chi connectivity index (χ0v) is 9.95. The molecule has 0 unspecified atom stereocenters. The summed E-state index contributed by atoms with van der Waals surface area (Å²) in [6.07, 6.45) is 3.85. The Hall–Kier alpha value is -2.56. The molecule has 0 spiro atoms. The van der Waals surface area contributed by atoms with Gasteiger partial charge in [-0.1, -0.05) is 24.3 Å². The van der Waals surface area contributed by atoms with Crippen LogP contribution in [0.15, 0.2) is 54.3 Å². The number of carboxylic acid groups (broad SMARTS) is 2. The van der Waals surface area contributed by atoms with E-state index in [0.717, 1.165) is 6.08 Å². The summed E-state index contributed by atoms with van der Waals surface area (Å²) < 4.78 is 5.50. The molecule has 19 heavy (non-hydrogen) atoms. The molecule has 5 heteroatoms. The van der Waals surface area contributed by atoms with Gasteiger partial charge in [-0.05, 0) is 30.7 Å². The van der Waals surface area contributed by atoms with Gasteiger partial charge in [0.2, 0.25) is 0 Å². The van der Waals surface area contributed by atoms with Gasteiger partial charge in [0.05, 0.1) is 0 Å². The molecule has 0 saturated heterocycles. The number of rotatable bonds is 4. The highest BCUT2D eigenvalue weighted by molar-refractivity contribution is 6.01. The summed E-state index contributed by atoms with van der Waals surface area (Å²) in [5.41, 5.74) is -1.90. The standard InChI is InChI=1S/C14H12O5/c15-12(16)14(13(17)18)8-6-11(7-9-14)19-10-4-2-1-3-5-10/h1-8H,9H2,(H,15,16)(H,17,18). The molecule has 1 aromatic rings. The summed E-state index contributed by atoms with van der Waals surface area (Å²) in [6.45, 7) is 0. The third kappa shape index (κ3) is 2.49. The van der Waals surface area contributed by atoms with Crippen molar-refractivity contribution in [3.05, 3.63) is 54.3 Å². The highest BCUT2D eigenvalue weighted by Gasteiger charge is 2.44. The Morgan fingerprint density at radius 1 is 1.11 bits per heavy atom. The molecule has 0 radical (unpaired) electrons. The van der Waals surface area contributed by atoms with Gasteiger partial charge in [0.15, 0.2) is 5.41 Å². The Kier molecular flexibility index (Phi) is 3.37. The van der Waals surface area contributed by atoms with E-state index in [9.17, 15) is 9.59 Å². The molecule has 2 N–H and O–H groups in total. The first-order chi connectivity index (χ1) is 9.04. The van der Waals surface area contributed by atoms with Crippen molar-refractivity contribution in [2.24, 2.45) is 5.41 Å². The Morgan fingerprint density at radius 3 is 2.21 bits per heavy atom. The number of benzene rings is 1. The SMILES string of the molecule is O=C(O)C1(C(=O)O)C=CC(Oc2ccccc2)=CC1. The third-order valence-corrected chi connectivity index (χ3v) is 2.90. The summed E-state index contributed by atoms with van der Waals surface area (Å²) in [4.78, 5) is 22.2. The number of para-hydroxylation sites is 1. The van der Waals surface area contributed by atoms with Gasteiger partial charge in [-0.25, -0.2) is 0 Å². The van der Waals surface area contributed by atoms with Gasteiger partial charge in [0.1, 0.15) is 11.5 Å². The van der Waals surface area contributed by atoms with Crippen LogP contribution in [0.2, 0.25) is 0 Å². The number of aliphatic carboxylic acids is 2. The van der Waals surface area contributed by atoms with Gasteiger partial charge in [0.25, 0.3) is 0 Å². The maximum Gasteiger partial charge on any atom is 0.325 e. The van der Waals surface area contributed by atoms with Crippen LogP contribution >= 0.6 is 0 Å². The fourth-order valence-corrected chi connectivity index (χ4v) is 1.73. The van der Waals surface area contributed by atoms with E-state index in [2.05, 4.69) is 0 Å². The minimum absolute atomic E-state index is 0.143. The average Bonchev–Trinajstić information content (AvgIpc) is 2.40. The normalized spacial score (nSPS) is 16.5. The van der Waals surface area contributed by atoms with Crippen LogP contribution in [0.3, 0.4) is 0 Å². The van der Waals surface area contributed by atoms with Gasteiger partial charge in [0, 0.05) is 0 Å². The van der Waals surface area contributed by atoms with E-state index in [1.54, 1.807) is 24.3 Å². The van der Waals surface area contributed by atoms with Crippen LogP contribution in [0, 0.1) is 5.41 Å². The average molecular weight is 260 g/mol. The van der Waals surface area contributed by atoms with Crippen molar-refractivity contribution in [1.29, 1.82) is 0 Å². The van der Waals surface area contributed by atoms with Gasteiger partial charge < -0.3 is 14.9 Å². The first-order valence-electron chi connectivity index (χ1n) is 5.64. The third-order valence-electron chi connectivity index (χ3n) is 2.90. The van der Waals surface area contributed by atoms with Crippen LogP contribution in [0.25, 0.3) is 0 Å². The maximum absolute atomic E-state index is 11.1. The molecular weight excluding hydrogens is 248 g/mol. The molecule has 0 heterocycles. The second-order valence-electron chi connectivity index (χ2n) is 4.14. The molecule has 0 fully saturated rings. The fourth-order valence-electron chi connectivity index (χ4n) is 1.73. The summed E-state index contributed by atoms with van der Waals surface area (Å²) in [5.74, 6) is -1.72. The number of allylic oxidation sites excluding steroid dienone is 2. The molecular formula is C14H12O5. The summed E-state index contributed by atoms with van der Waals surface area (Å²) in [7, 11) is 0. The van der Waals surface area contributed by atoms with Crippen LogP contribution in [-0.4, -0.2) is 22.2 Å². The molecule has 0 atom stereocenters. The molecule has 2 rings (SSSR count). The molecule has 0 amide bonds. The molecule has 5 nitrogen and oxygen atoms in total. The number of hydrogen-bond donors (Lipinski definition) is 2. The van der Waals surface area contributed by atoms with E-state index < -0.39 is 17.4 Å². The zero-order valence-electron chi connectivity index (χ0n) is 9.95. The number of carbonyl (C=O) groups is 2. The van der Waals surface area contributed by atoms with Crippen molar-refractivity contribution < 1.29 is 24.5 Å². The summed E-state index contributed by atoms with van der Waals surface area (Å²) >= 11 is 0. The van der Waals surface area contributed by atoms with Crippen molar-refractivity contribution in [1.82, 2.24) is 0 Å². The highest BCUT2D eigenvalue weighted by Crippen LogP contribution is 2.31. The Balaban J connectivity index is 2.15. The van der Waals surface area contributed by atoms with Crippen LogP contribution < -0.4 is 4.74 Å². The molecule has 1 aliphatic carbocycles. The topological polar surface area (TPSA) is 83.8 Å². The van der Waals surface area contributed by atoms with Gasteiger partial charge in [-0.2, -0.15) is 0 Å². The predicted octanol–water partition coefficient (Wildman–Crippen LogP) is 2.06. The van der Waals surface area contributed by atoms with Gasteiger partial charge in [-0.3, -0.25) is 9.59 Å². The highest BCUT2D eigenvalue weighted by atomic mass is 16.5. The van der Waals surface area contributed by atoms with Crippen LogP contribution in [-0.2, 0) is 9.59 Å². The smallest absolute Gasteiger partial charge is 0.325 e. The lowest BCUT2D eigenvalue weighted by Gasteiger charge is -2.23. The lowest BCUT2D eigenvalue weighted by atomic mass is 9.81. The Bertz CT molecular complexity index is 542. The lowest BCUT2D eigenvalue weighted by molar-refractivity contribution is -0.160. The summed E-state index contributed by atoms with van der Waals surface area (Å²) in [6, 6.07) is 8.97. The number of hydrogen-bond acceptors (Lipinski definition) is 3. The van der Waals surface area contributed by atoms with Crippen molar-refractivity contribution >= 4 is 11.9 Å². The maximum atomic E-state index is 11.1. The zero-order chi connectivity index (χ0) is 13.9. The molecule has 98 valence electrons. The van der Waals surface area contributed by atoms with E-state index in [0.29, 0.717) is 11.5 Å². The van der Waals surface area contributed by atoms with Crippen molar-refractivity contribution in [2.75, 3.05) is 0 Å². The van der Waals surface area contributed by atoms with Crippen LogP contribution in [0.1, 0.15) is 6.42 Å². The van der Waals surface area contributed by atoms with Crippen LogP contribution in [0.4, 0.5) is 0 Å². The van der Waals surface area contributed by atoms with Crippen LogP contribution in [0.5, 0.6) is 5.75 Å². The van der Waals surface area contributed by atoms with Gasteiger partial charge in [-0.15, -0.1) is 0 Å². The second-order valence-corrected chi connectivity index (χ2v) is 4.14. The molecule has 1 aromatic carbocycles. The van der Waals surface area contributed by atoms with Gasteiger partial charge >= 0.3 is 11.9 Å². The minimum Gasteiger partial charge on any atom is -0.480 e. The monoisotopic (exact) mass is 260 g/mol. The van der Waals surface area contributed by atoms with Crippen molar-refractivity contribution in [3.8, 4) is 5.75 Å². The molecule has 1 aliphatic rings. The van der Waals surface area contributed by atoms with E-state index in [1.165, 1.54) is 12.2 Å². The lowest BCUT2D eigenvalue weighted by Crippen LogP contribution is -2.38. The quantitative estimate of drug-likeness (QED) is 0.809. The molecule has 0 aliphatic heterocycles. The Labute approximate surface area is 109 Å². The number of carboxylic acids is 2. The molecule has 0 saturated carbocycles. The van der Waals surface area contributed by atoms with E-state index >= 15 is 0 Å². The van der Waals surface area contributed by atoms with E-state index in [1.807, 2.05) is 6.07 Å². The van der Waals surface area contributed by atoms with E-state index in [4.69, 9.17) is 14.9 Å². The largest absolute Gasteiger partial charge is 0.480 e. The fraction of sp³-hybridized carbons (Fsp3) is 0.143. The second kappa shape index (κ2) is 4.97. The van der Waals surface area contributed by atoms with Crippen molar-refractivity contribution in [3.63, 3.8) is 0 Å². The number of ether oxygens (including phenoxy) is 1. The summed E-state index contributed by atoms with van der Waals surface area (Å²) in [5, 5.41) is 18.1. The van der Waals surface area contributed by atoms with E-state index in [-0.39, 0.29) is 6.42 Å². The molecule has 0 aromatic heterocycles. The first-order valence-corrected chi connectivity index (χ1v) is 5.64. The Morgan fingerprint density at radius 2 is 1.74 bits per heavy atom. The first kappa shape index (κ1) is 12.9. The predicted molar refractivity (Wildman–Crippen MR) is 66.6 cm³/mol. The minimum atomic E-state index is -1.90. The molecule has 0 bridgehead atoms. The van der Waals surface area contributed by atoms with Crippen molar-refractivity contribution in [2.45, 2.75) is 6.42 Å².